The van der Waals surface area contributed by atoms with Crippen molar-refractivity contribution in [3.05, 3.63) is 23.2 Å². The quantitative estimate of drug-likeness (QED) is 0.623. The molecule has 0 aliphatic heterocycles. The second-order valence-corrected chi connectivity index (χ2v) is 6.34. The van der Waals surface area contributed by atoms with Gasteiger partial charge in [-0.3, -0.25) is 0 Å². The average Bonchev–Trinajstić information content (AvgIpc) is 2.20. The molecule has 9 heavy (non-hydrogen) atoms. The van der Waals surface area contributed by atoms with Crippen LogP contribution in [0.5, 0.6) is 0 Å². The van der Waals surface area contributed by atoms with Crippen LogP contribution in [-0.2, 0) is 20.8 Å². The zero-order valence-corrected chi connectivity index (χ0v) is 9.80. The molecule has 1 aromatic heterocycles. The van der Waals surface area contributed by atoms with Crippen molar-refractivity contribution in [2.45, 2.75) is 6.92 Å². The van der Waals surface area contributed by atoms with Gasteiger partial charge in [0.05, 0.1) is 0 Å². The second-order valence-electron chi connectivity index (χ2n) is 1.35. The van der Waals surface area contributed by atoms with E-state index >= 15 is 0 Å². The van der Waals surface area contributed by atoms with E-state index in [0.717, 1.165) is 0 Å². The van der Waals surface area contributed by atoms with Crippen LogP contribution in [-0.4, -0.2) is 0 Å². The third kappa shape index (κ3) is 7.14. The first-order valence-electron chi connectivity index (χ1n) is 2.32. The van der Waals surface area contributed by atoms with Crippen LogP contribution in [0.15, 0.2) is 17.9 Å². The minimum absolute atomic E-state index is 0.826. The molecule has 0 radical (unpaired) electrons. The first-order valence-corrected chi connectivity index (χ1v) is 9.61. The van der Waals surface area contributed by atoms with Gasteiger partial charge in [-0.15, -0.1) is 5.30 Å². The molecular weight excluding hydrogens is 253 g/mol. The zero-order chi connectivity index (χ0) is 7.11. The summed E-state index contributed by atoms with van der Waals surface area (Å²) in [5, 5.41) is 1.44. The Kier molecular flexibility index (Phi) is 8.37. The summed E-state index contributed by atoms with van der Waals surface area (Å²) in [7, 11) is 11.2. The van der Waals surface area contributed by atoms with Crippen molar-refractivity contribution >= 4 is 25.2 Å². The molecule has 0 saturated carbocycles. The molecule has 0 amide bonds. The standard InChI is InChI=1S/C5H6P.2ClH.Zr/c1-5-3-2-4-6-5;;;/h2-4H,1H3;2*1H;/q-1;;;+2/p-2. The minimum atomic E-state index is -0.826. The third-order valence-corrected chi connectivity index (χ3v) is 1.58. The predicted octanol–water partition coefficient (Wildman–Crippen LogP) is 3.67. The third-order valence-electron chi connectivity index (χ3n) is 0.702. The number of aryl methyl sites for hydroxylation is 1. The van der Waals surface area contributed by atoms with Crippen molar-refractivity contribution in [3.63, 3.8) is 0 Å². The molecule has 0 fully saturated rings. The summed E-state index contributed by atoms with van der Waals surface area (Å²) in [4.78, 5) is 0. The Morgan fingerprint density at radius 2 is 2.11 bits per heavy atom. The van der Waals surface area contributed by atoms with Gasteiger partial charge < -0.3 is 0 Å². The topological polar surface area (TPSA) is 0 Å². The maximum absolute atomic E-state index is 4.93. The van der Waals surface area contributed by atoms with Crippen LogP contribution in [0.2, 0.25) is 0 Å². The Hall–Kier alpha value is 1.24. The maximum atomic E-state index is 4.93. The van der Waals surface area contributed by atoms with Crippen molar-refractivity contribution in [3.8, 4) is 0 Å². The van der Waals surface area contributed by atoms with Crippen molar-refractivity contribution in [1.29, 1.82) is 0 Å². The fraction of sp³-hybridized carbons (Fsp3) is 0.200. The Balaban J connectivity index is 0.000000187. The molecule has 4 heteroatoms. The normalized spacial score (nSPS) is 8.33. The zero-order valence-electron chi connectivity index (χ0n) is 4.94. The summed E-state index contributed by atoms with van der Waals surface area (Å²) in [6.07, 6.45) is 0. The van der Waals surface area contributed by atoms with E-state index in [1.165, 1.54) is 13.5 Å². The first kappa shape index (κ1) is 10.2. The summed E-state index contributed by atoms with van der Waals surface area (Å²) in [6.45, 7) is 2.13. The van der Waals surface area contributed by atoms with E-state index in [2.05, 4.69) is 24.9 Å². The molecule has 0 bridgehead atoms. The molecule has 0 aromatic carbocycles. The Labute approximate surface area is 75.7 Å². The molecule has 50 valence electrons. The summed E-state index contributed by atoms with van der Waals surface area (Å²) >= 11 is -0.826. The van der Waals surface area contributed by atoms with Gasteiger partial charge in [0.1, 0.15) is 0 Å². The monoisotopic (exact) mass is 257 g/mol. The van der Waals surface area contributed by atoms with Crippen LogP contribution in [0.3, 0.4) is 0 Å². The van der Waals surface area contributed by atoms with E-state index in [9.17, 15) is 0 Å². The van der Waals surface area contributed by atoms with E-state index in [4.69, 9.17) is 17.0 Å². The molecular formula is C5H6Cl2PZr-. The first-order chi connectivity index (χ1) is 4.31. The van der Waals surface area contributed by atoms with Crippen LogP contribution < -0.4 is 0 Å². The molecule has 0 aliphatic rings. The van der Waals surface area contributed by atoms with Gasteiger partial charge in [-0.2, -0.15) is 11.9 Å². The fourth-order valence-electron chi connectivity index (χ4n) is 0.386. The fourth-order valence-corrected chi connectivity index (χ4v) is 0.965. The van der Waals surface area contributed by atoms with Crippen molar-refractivity contribution in [2.24, 2.45) is 0 Å². The van der Waals surface area contributed by atoms with E-state index in [1.807, 2.05) is 0 Å². The number of halogens is 2. The van der Waals surface area contributed by atoms with Crippen LogP contribution in [0.4, 0.5) is 0 Å². The van der Waals surface area contributed by atoms with Crippen LogP contribution in [0, 0.1) is 6.92 Å². The number of rotatable bonds is 0. The molecule has 0 spiro atoms. The van der Waals surface area contributed by atoms with Gasteiger partial charge in [-0.05, 0) is 0 Å². The van der Waals surface area contributed by atoms with Gasteiger partial charge in [0.25, 0.3) is 0 Å². The van der Waals surface area contributed by atoms with E-state index in [1.54, 1.807) is 0 Å². The molecule has 0 aliphatic carbocycles. The average molecular weight is 259 g/mol. The van der Waals surface area contributed by atoms with Gasteiger partial charge in [-0.25, -0.2) is 14.3 Å². The molecule has 1 heterocycles. The van der Waals surface area contributed by atoms with Gasteiger partial charge in [0, 0.05) is 0 Å². The predicted molar refractivity (Wildman–Crippen MR) is 41.0 cm³/mol. The van der Waals surface area contributed by atoms with Gasteiger partial charge in [-0.1, -0.05) is 6.92 Å². The number of hydrogen-bond acceptors (Lipinski definition) is 0. The molecule has 0 nitrogen and oxygen atoms in total. The Bertz CT molecular complexity index is 130. The van der Waals surface area contributed by atoms with E-state index < -0.39 is 20.8 Å². The van der Waals surface area contributed by atoms with Gasteiger partial charge >= 0.3 is 37.9 Å². The summed E-state index contributed by atoms with van der Waals surface area (Å²) < 4.78 is 0. The second kappa shape index (κ2) is 7.35. The SMILES string of the molecule is C[c-]1cccp1.[Cl][Zr][Cl]. The van der Waals surface area contributed by atoms with Crippen molar-refractivity contribution in [1.82, 2.24) is 0 Å². The summed E-state index contributed by atoms with van der Waals surface area (Å²) in [5.41, 5.74) is 0. The molecule has 0 saturated heterocycles. The molecule has 0 N–H and O–H groups in total. The van der Waals surface area contributed by atoms with Gasteiger partial charge in [0.15, 0.2) is 0 Å². The van der Waals surface area contributed by atoms with E-state index in [-0.39, 0.29) is 0 Å². The molecule has 0 atom stereocenters. The van der Waals surface area contributed by atoms with Crippen molar-refractivity contribution in [2.75, 3.05) is 0 Å². The van der Waals surface area contributed by atoms with E-state index in [0.29, 0.717) is 0 Å². The molecule has 1 rings (SSSR count). The van der Waals surface area contributed by atoms with Crippen LogP contribution in [0.1, 0.15) is 5.30 Å². The van der Waals surface area contributed by atoms with Crippen molar-refractivity contribution < 1.29 is 20.8 Å². The van der Waals surface area contributed by atoms with Gasteiger partial charge in [0.2, 0.25) is 0 Å². The molecule has 1 aromatic rings. The van der Waals surface area contributed by atoms with Crippen LogP contribution in [0.25, 0.3) is 0 Å². The van der Waals surface area contributed by atoms with Crippen LogP contribution >= 0.6 is 25.2 Å². The Morgan fingerprint density at radius 3 is 2.22 bits per heavy atom. The summed E-state index contributed by atoms with van der Waals surface area (Å²) in [5.74, 6) is 2.13. The number of hydrogen-bond donors (Lipinski definition) is 0. The molecule has 0 unspecified atom stereocenters. The Morgan fingerprint density at radius 1 is 1.56 bits per heavy atom. The summed E-state index contributed by atoms with van der Waals surface area (Å²) in [6, 6.07) is 4.21.